The summed E-state index contributed by atoms with van der Waals surface area (Å²) in [6.07, 6.45) is 3.36. The largest absolute Gasteiger partial charge is 0.299 e. The van der Waals surface area contributed by atoms with Crippen molar-refractivity contribution in [1.82, 2.24) is 8.61 Å². The van der Waals surface area contributed by atoms with E-state index in [1.807, 2.05) is 0 Å². The average molecular weight is 260 g/mol. The van der Waals surface area contributed by atoms with Gasteiger partial charge in [-0.05, 0) is 12.8 Å². The SMILES string of the molecule is CC1CN(S(=O)(=O)N2CCCCC2)CCC1=O. The van der Waals surface area contributed by atoms with Crippen molar-refractivity contribution in [3.63, 3.8) is 0 Å². The Morgan fingerprint density at radius 2 is 1.71 bits per heavy atom. The van der Waals surface area contributed by atoms with Gasteiger partial charge in [0.15, 0.2) is 0 Å². The van der Waals surface area contributed by atoms with E-state index in [0.29, 0.717) is 32.6 Å². The summed E-state index contributed by atoms with van der Waals surface area (Å²) in [6.45, 7) is 3.75. The van der Waals surface area contributed by atoms with Gasteiger partial charge in [-0.3, -0.25) is 4.79 Å². The number of carbonyl (C=O) groups is 1. The van der Waals surface area contributed by atoms with Crippen LogP contribution < -0.4 is 0 Å². The number of ketones is 1. The molecule has 1 atom stereocenters. The Labute approximate surface area is 103 Å². The Hall–Kier alpha value is -0.460. The molecule has 17 heavy (non-hydrogen) atoms. The maximum atomic E-state index is 12.3. The highest BCUT2D eigenvalue weighted by Gasteiger charge is 2.35. The zero-order chi connectivity index (χ0) is 12.5. The molecule has 6 heteroatoms. The first kappa shape index (κ1) is 13.0. The minimum atomic E-state index is -3.33. The van der Waals surface area contributed by atoms with E-state index in [2.05, 4.69) is 0 Å². The first-order valence-electron chi connectivity index (χ1n) is 6.30. The first-order valence-corrected chi connectivity index (χ1v) is 7.69. The van der Waals surface area contributed by atoms with Crippen molar-refractivity contribution in [3.05, 3.63) is 0 Å². The van der Waals surface area contributed by atoms with Crippen molar-refractivity contribution in [2.75, 3.05) is 26.2 Å². The maximum Gasteiger partial charge on any atom is 0.282 e. The van der Waals surface area contributed by atoms with Crippen molar-refractivity contribution in [1.29, 1.82) is 0 Å². The monoisotopic (exact) mass is 260 g/mol. The highest BCUT2D eigenvalue weighted by atomic mass is 32.2. The Morgan fingerprint density at radius 1 is 1.06 bits per heavy atom. The van der Waals surface area contributed by atoms with E-state index < -0.39 is 10.2 Å². The minimum absolute atomic E-state index is 0.164. The van der Waals surface area contributed by atoms with Crippen LogP contribution in [0.3, 0.4) is 0 Å². The predicted octanol–water partition coefficient (Wildman–Crippen LogP) is 0.628. The van der Waals surface area contributed by atoms with Crippen LogP contribution in [0.25, 0.3) is 0 Å². The molecule has 0 aromatic rings. The lowest BCUT2D eigenvalue weighted by Gasteiger charge is -2.35. The summed E-state index contributed by atoms with van der Waals surface area (Å²) in [7, 11) is -3.33. The third-order valence-electron chi connectivity index (χ3n) is 3.60. The van der Waals surface area contributed by atoms with E-state index in [1.165, 1.54) is 4.31 Å². The van der Waals surface area contributed by atoms with Gasteiger partial charge in [0.05, 0.1) is 0 Å². The van der Waals surface area contributed by atoms with Gasteiger partial charge in [0.2, 0.25) is 0 Å². The quantitative estimate of drug-likeness (QED) is 0.731. The first-order chi connectivity index (χ1) is 8.01. The van der Waals surface area contributed by atoms with Crippen LogP contribution in [0.4, 0.5) is 0 Å². The Bertz CT molecular complexity index is 388. The summed E-state index contributed by atoms with van der Waals surface area (Å²) < 4.78 is 27.7. The molecule has 0 radical (unpaired) electrons. The number of nitrogens with zero attached hydrogens (tertiary/aromatic N) is 2. The van der Waals surface area contributed by atoms with Gasteiger partial charge in [-0.15, -0.1) is 0 Å². The average Bonchev–Trinajstić information content (AvgIpc) is 2.33. The van der Waals surface area contributed by atoms with Crippen LogP contribution in [0.2, 0.25) is 0 Å². The predicted molar refractivity (Wildman–Crippen MR) is 64.7 cm³/mol. The summed E-state index contributed by atoms with van der Waals surface area (Å²) in [5.74, 6) is 0.0124. The molecule has 0 spiro atoms. The Kier molecular flexibility index (Phi) is 3.85. The van der Waals surface area contributed by atoms with Gasteiger partial charge in [0.25, 0.3) is 10.2 Å². The normalized spacial score (nSPS) is 29.5. The second-order valence-electron chi connectivity index (χ2n) is 4.94. The fourth-order valence-corrected chi connectivity index (χ4v) is 4.23. The van der Waals surface area contributed by atoms with Crippen molar-refractivity contribution >= 4 is 16.0 Å². The minimum Gasteiger partial charge on any atom is -0.299 e. The topological polar surface area (TPSA) is 57.7 Å². The number of hydrogen-bond donors (Lipinski definition) is 0. The van der Waals surface area contributed by atoms with Crippen LogP contribution >= 0.6 is 0 Å². The third kappa shape index (κ3) is 2.69. The van der Waals surface area contributed by atoms with E-state index in [-0.39, 0.29) is 11.7 Å². The molecule has 0 N–H and O–H groups in total. The molecule has 2 aliphatic heterocycles. The summed E-state index contributed by atoms with van der Waals surface area (Å²) in [4.78, 5) is 11.4. The number of rotatable bonds is 2. The Morgan fingerprint density at radius 3 is 2.29 bits per heavy atom. The molecule has 2 fully saturated rings. The fraction of sp³-hybridized carbons (Fsp3) is 0.909. The van der Waals surface area contributed by atoms with Crippen LogP contribution in [0.1, 0.15) is 32.6 Å². The molecular formula is C11H20N2O3S. The third-order valence-corrected chi connectivity index (χ3v) is 5.60. The van der Waals surface area contributed by atoms with Crippen molar-refractivity contribution in [2.45, 2.75) is 32.6 Å². The summed E-state index contributed by atoms with van der Waals surface area (Å²) in [5, 5.41) is 0. The maximum absolute atomic E-state index is 12.3. The van der Waals surface area contributed by atoms with Crippen molar-refractivity contribution in [3.8, 4) is 0 Å². The van der Waals surface area contributed by atoms with Crippen molar-refractivity contribution in [2.24, 2.45) is 5.92 Å². The molecule has 1 unspecified atom stereocenters. The van der Waals surface area contributed by atoms with Crippen LogP contribution in [-0.4, -0.2) is 49.0 Å². The number of piperidine rings is 2. The summed E-state index contributed by atoms with van der Waals surface area (Å²) in [6, 6.07) is 0. The van der Waals surface area contributed by atoms with Gasteiger partial charge in [-0.25, -0.2) is 0 Å². The molecule has 0 amide bonds. The lowest BCUT2D eigenvalue weighted by molar-refractivity contribution is -0.124. The van der Waals surface area contributed by atoms with E-state index in [9.17, 15) is 13.2 Å². The van der Waals surface area contributed by atoms with Crippen molar-refractivity contribution < 1.29 is 13.2 Å². The molecule has 0 bridgehead atoms. The van der Waals surface area contributed by atoms with E-state index in [0.717, 1.165) is 19.3 Å². The van der Waals surface area contributed by atoms with Crippen LogP contribution in [0, 0.1) is 5.92 Å². The van der Waals surface area contributed by atoms with Gasteiger partial charge in [0, 0.05) is 38.5 Å². The van der Waals surface area contributed by atoms with Crippen LogP contribution in [0.5, 0.6) is 0 Å². The van der Waals surface area contributed by atoms with Gasteiger partial charge < -0.3 is 0 Å². The van der Waals surface area contributed by atoms with Gasteiger partial charge >= 0.3 is 0 Å². The van der Waals surface area contributed by atoms with E-state index in [4.69, 9.17) is 0 Å². The van der Waals surface area contributed by atoms with Gasteiger partial charge in [-0.2, -0.15) is 17.0 Å². The molecule has 2 heterocycles. The highest BCUT2D eigenvalue weighted by Crippen LogP contribution is 2.21. The number of Topliss-reactive ketones (excluding diaryl/α,β-unsaturated/α-hetero) is 1. The van der Waals surface area contributed by atoms with E-state index >= 15 is 0 Å². The van der Waals surface area contributed by atoms with Gasteiger partial charge in [-0.1, -0.05) is 13.3 Å². The molecule has 5 nitrogen and oxygen atoms in total. The summed E-state index contributed by atoms with van der Waals surface area (Å²) >= 11 is 0. The zero-order valence-electron chi connectivity index (χ0n) is 10.3. The molecule has 0 saturated carbocycles. The standard InChI is InChI=1S/C11H20N2O3S/c1-10-9-13(8-5-11(10)14)17(15,16)12-6-3-2-4-7-12/h10H,2-9H2,1H3. The molecule has 2 saturated heterocycles. The lowest BCUT2D eigenvalue weighted by Crippen LogP contribution is -2.50. The molecule has 98 valence electrons. The molecule has 0 aromatic carbocycles. The lowest BCUT2D eigenvalue weighted by atomic mass is 10.0. The smallest absolute Gasteiger partial charge is 0.282 e. The second kappa shape index (κ2) is 5.04. The molecule has 0 aliphatic carbocycles. The zero-order valence-corrected chi connectivity index (χ0v) is 11.1. The van der Waals surface area contributed by atoms with Crippen LogP contribution in [0.15, 0.2) is 0 Å². The molecule has 2 rings (SSSR count). The number of hydrogen-bond acceptors (Lipinski definition) is 3. The molecular weight excluding hydrogens is 240 g/mol. The van der Waals surface area contributed by atoms with E-state index in [1.54, 1.807) is 11.2 Å². The number of carbonyl (C=O) groups excluding carboxylic acids is 1. The highest BCUT2D eigenvalue weighted by molar-refractivity contribution is 7.86. The summed E-state index contributed by atoms with van der Waals surface area (Å²) in [5.41, 5.74) is 0. The molecule has 2 aliphatic rings. The second-order valence-corrected chi connectivity index (χ2v) is 6.87. The Balaban J connectivity index is 2.07. The molecule has 0 aromatic heterocycles. The fourth-order valence-electron chi connectivity index (χ4n) is 2.45. The van der Waals surface area contributed by atoms with Crippen LogP contribution in [-0.2, 0) is 15.0 Å². The van der Waals surface area contributed by atoms with Gasteiger partial charge in [0.1, 0.15) is 5.78 Å².